The smallest absolute Gasteiger partial charge is 0.0415 e. The molecule has 0 amide bonds. The van der Waals surface area contributed by atoms with Crippen LogP contribution in [-0.4, -0.2) is 0 Å². The Morgan fingerprint density at radius 2 is 2.08 bits per heavy atom. The lowest BCUT2D eigenvalue weighted by Gasteiger charge is -2.16. The standard InChI is InChI=1S/C11H19NS/c1-4-8(3)11(12)10-7-6-9(5-2)13-10/h6-8,11H,4-5,12H2,1-3H3/t8?,11-/m0/s1. The Morgan fingerprint density at radius 3 is 2.54 bits per heavy atom. The third-order valence-corrected chi connectivity index (χ3v) is 3.95. The Labute approximate surface area is 85.0 Å². The van der Waals surface area contributed by atoms with Crippen LogP contribution in [0.1, 0.15) is 43.0 Å². The molecule has 1 aromatic heterocycles. The van der Waals surface area contributed by atoms with Crippen molar-refractivity contribution in [2.45, 2.75) is 39.7 Å². The van der Waals surface area contributed by atoms with Crippen molar-refractivity contribution in [1.29, 1.82) is 0 Å². The molecule has 0 aliphatic heterocycles. The van der Waals surface area contributed by atoms with Gasteiger partial charge < -0.3 is 5.73 Å². The lowest BCUT2D eigenvalue weighted by atomic mass is 9.99. The summed E-state index contributed by atoms with van der Waals surface area (Å²) in [5.41, 5.74) is 6.13. The molecule has 0 saturated carbocycles. The fourth-order valence-corrected chi connectivity index (χ4v) is 2.39. The van der Waals surface area contributed by atoms with Crippen molar-refractivity contribution >= 4 is 11.3 Å². The first-order chi connectivity index (χ1) is 6.19. The van der Waals surface area contributed by atoms with Crippen LogP contribution in [0.2, 0.25) is 0 Å². The fraction of sp³-hybridized carbons (Fsp3) is 0.636. The van der Waals surface area contributed by atoms with Crippen molar-refractivity contribution in [2.75, 3.05) is 0 Å². The van der Waals surface area contributed by atoms with Gasteiger partial charge in [0.05, 0.1) is 0 Å². The molecular formula is C11H19NS. The molecule has 74 valence electrons. The van der Waals surface area contributed by atoms with Crippen molar-refractivity contribution in [2.24, 2.45) is 11.7 Å². The number of aryl methyl sites for hydroxylation is 1. The van der Waals surface area contributed by atoms with E-state index < -0.39 is 0 Å². The molecule has 0 bridgehead atoms. The zero-order valence-electron chi connectivity index (χ0n) is 8.71. The van der Waals surface area contributed by atoms with Gasteiger partial charge in [-0.1, -0.05) is 27.2 Å². The fourth-order valence-electron chi connectivity index (χ4n) is 1.30. The Hall–Kier alpha value is -0.340. The Balaban J connectivity index is 2.70. The van der Waals surface area contributed by atoms with E-state index in [-0.39, 0.29) is 6.04 Å². The average molecular weight is 197 g/mol. The highest BCUT2D eigenvalue weighted by molar-refractivity contribution is 7.12. The molecule has 2 N–H and O–H groups in total. The minimum Gasteiger partial charge on any atom is -0.323 e. The highest BCUT2D eigenvalue weighted by atomic mass is 32.1. The van der Waals surface area contributed by atoms with Gasteiger partial charge in [0.25, 0.3) is 0 Å². The summed E-state index contributed by atoms with van der Waals surface area (Å²) in [6.45, 7) is 6.60. The van der Waals surface area contributed by atoms with Crippen molar-refractivity contribution in [3.05, 3.63) is 21.9 Å². The molecule has 0 saturated heterocycles. The SMILES string of the molecule is CCc1ccc([C@@H](N)C(C)CC)s1. The van der Waals surface area contributed by atoms with E-state index in [1.54, 1.807) is 0 Å². The molecule has 1 nitrogen and oxygen atoms in total. The molecule has 1 aromatic rings. The number of thiophene rings is 1. The predicted molar refractivity (Wildman–Crippen MR) is 60.1 cm³/mol. The molecule has 13 heavy (non-hydrogen) atoms. The van der Waals surface area contributed by atoms with E-state index in [1.165, 1.54) is 9.75 Å². The lowest BCUT2D eigenvalue weighted by molar-refractivity contribution is 0.462. The summed E-state index contributed by atoms with van der Waals surface area (Å²) in [6.07, 6.45) is 2.28. The summed E-state index contributed by atoms with van der Waals surface area (Å²) >= 11 is 1.86. The molecular weight excluding hydrogens is 178 g/mol. The van der Waals surface area contributed by atoms with E-state index in [1.807, 2.05) is 11.3 Å². The Bertz CT molecular complexity index is 254. The second-order valence-electron chi connectivity index (χ2n) is 3.57. The summed E-state index contributed by atoms with van der Waals surface area (Å²) in [4.78, 5) is 2.78. The van der Waals surface area contributed by atoms with Gasteiger partial charge in [-0.05, 0) is 24.5 Å². The Morgan fingerprint density at radius 1 is 1.38 bits per heavy atom. The average Bonchev–Trinajstić information content (AvgIpc) is 2.63. The van der Waals surface area contributed by atoms with Crippen LogP contribution in [0.3, 0.4) is 0 Å². The molecule has 2 heteroatoms. The quantitative estimate of drug-likeness (QED) is 0.787. The number of hydrogen-bond donors (Lipinski definition) is 1. The van der Waals surface area contributed by atoms with Gasteiger partial charge in [0.1, 0.15) is 0 Å². The normalized spacial score (nSPS) is 15.7. The molecule has 0 aromatic carbocycles. The monoisotopic (exact) mass is 197 g/mol. The van der Waals surface area contributed by atoms with Gasteiger partial charge >= 0.3 is 0 Å². The minimum atomic E-state index is 0.232. The van der Waals surface area contributed by atoms with Gasteiger partial charge in [-0.3, -0.25) is 0 Å². The third-order valence-electron chi connectivity index (χ3n) is 2.62. The van der Waals surface area contributed by atoms with Crippen LogP contribution < -0.4 is 5.73 Å². The maximum Gasteiger partial charge on any atom is 0.0415 e. The van der Waals surface area contributed by atoms with Gasteiger partial charge in [-0.2, -0.15) is 0 Å². The first-order valence-corrected chi connectivity index (χ1v) is 5.84. The zero-order chi connectivity index (χ0) is 9.84. The van der Waals surface area contributed by atoms with Crippen molar-refractivity contribution < 1.29 is 0 Å². The second kappa shape index (κ2) is 4.77. The van der Waals surface area contributed by atoms with Crippen molar-refractivity contribution in [1.82, 2.24) is 0 Å². The van der Waals surface area contributed by atoms with Crippen LogP contribution in [0.25, 0.3) is 0 Å². The maximum atomic E-state index is 6.13. The molecule has 1 heterocycles. The van der Waals surface area contributed by atoms with Gasteiger partial charge in [0.2, 0.25) is 0 Å². The molecule has 0 radical (unpaired) electrons. The summed E-state index contributed by atoms with van der Waals surface area (Å²) in [5, 5.41) is 0. The minimum absolute atomic E-state index is 0.232. The predicted octanol–water partition coefficient (Wildman–Crippen LogP) is 3.36. The number of nitrogens with two attached hydrogens (primary N) is 1. The van der Waals surface area contributed by atoms with Gasteiger partial charge in [-0.25, -0.2) is 0 Å². The van der Waals surface area contributed by atoms with Crippen LogP contribution >= 0.6 is 11.3 Å². The first-order valence-electron chi connectivity index (χ1n) is 5.03. The van der Waals surface area contributed by atoms with E-state index >= 15 is 0 Å². The van der Waals surface area contributed by atoms with E-state index in [9.17, 15) is 0 Å². The van der Waals surface area contributed by atoms with Crippen LogP contribution in [0.4, 0.5) is 0 Å². The molecule has 1 rings (SSSR count). The lowest BCUT2D eigenvalue weighted by Crippen LogP contribution is -2.16. The van der Waals surface area contributed by atoms with Gasteiger partial charge in [0, 0.05) is 15.8 Å². The summed E-state index contributed by atoms with van der Waals surface area (Å²) in [7, 11) is 0. The molecule has 0 spiro atoms. The second-order valence-corrected chi connectivity index (χ2v) is 4.77. The summed E-state index contributed by atoms with van der Waals surface area (Å²) < 4.78 is 0. The molecule has 1 unspecified atom stereocenters. The highest BCUT2D eigenvalue weighted by Gasteiger charge is 2.14. The van der Waals surface area contributed by atoms with Gasteiger partial charge in [-0.15, -0.1) is 11.3 Å². The molecule has 0 aliphatic carbocycles. The number of rotatable bonds is 4. The summed E-state index contributed by atoms with van der Waals surface area (Å²) in [5.74, 6) is 0.586. The molecule has 0 aliphatic rings. The van der Waals surface area contributed by atoms with Gasteiger partial charge in [0.15, 0.2) is 0 Å². The van der Waals surface area contributed by atoms with Crippen LogP contribution in [0.15, 0.2) is 12.1 Å². The zero-order valence-corrected chi connectivity index (χ0v) is 9.53. The molecule has 0 fully saturated rings. The van der Waals surface area contributed by atoms with E-state index in [0.717, 1.165) is 12.8 Å². The third kappa shape index (κ3) is 2.55. The van der Waals surface area contributed by atoms with Crippen LogP contribution in [0, 0.1) is 5.92 Å². The molecule has 2 atom stereocenters. The van der Waals surface area contributed by atoms with Crippen molar-refractivity contribution in [3.63, 3.8) is 0 Å². The Kier molecular flexibility index (Phi) is 3.94. The first kappa shape index (κ1) is 10.7. The van der Waals surface area contributed by atoms with Crippen LogP contribution in [-0.2, 0) is 6.42 Å². The van der Waals surface area contributed by atoms with E-state index in [0.29, 0.717) is 5.92 Å². The largest absolute Gasteiger partial charge is 0.323 e. The van der Waals surface area contributed by atoms with E-state index in [2.05, 4.69) is 32.9 Å². The highest BCUT2D eigenvalue weighted by Crippen LogP contribution is 2.28. The van der Waals surface area contributed by atoms with E-state index in [4.69, 9.17) is 5.73 Å². The summed E-state index contributed by atoms with van der Waals surface area (Å²) in [6, 6.07) is 4.61. The van der Waals surface area contributed by atoms with Crippen LogP contribution in [0.5, 0.6) is 0 Å². The maximum absolute atomic E-state index is 6.13. The topological polar surface area (TPSA) is 26.0 Å². The number of hydrogen-bond acceptors (Lipinski definition) is 2. The van der Waals surface area contributed by atoms with Crippen molar-refractivity contribution in [3.8, 4) is 0 Å².